The summed E-state index contributed by atoms with van der Waals surface area (Å²) in [5.74, 6) is 2.34. The highest BCUT2D eigenvalue weighted by molar-refractivity contribution is 5.94. The first-order valence-electron chi connectivity index (χ1n) is 12.6. The number of piperidine rings is 1. The van der Waals surface area contributed by atoms with Crippen molar-refractivity contribution >= 4 is 11.9 Å². The molecule has 2 aliphatic rings. The number of carbonyl (C=O) groups is 1. The van der Waals surface area contributed by atoms with Crippen molar-refractivity contribution in [2.24, 2.45) is 5.92 Å². The molecule has 2 aromatic carbocycles. The van der Waals surface area contributed by atoms with E-state index in [4.69, 9.17) is 19.4 Å². The lowest BCUT2D eigenvalue weighted by atomic mass is 9.99. The molecule has 7 nitrogen and oxygen atoms in total. The van der Waals surface area contributed by atoms with Gasteiger partial charge in [0.15, 0.2) is 0 Å². The maximum absolute atomic E-state index is 13.2. The van der Waals surface area contributed by atoms with E-state index in [0.29, 0.717) is 47.8 Å². The Morgan fingerprint density at radius 1 is 1.00 bits per heavy atom. The number of nitrogens with zero attached hydrogens (tertiary/aromatic N) is 4. The molecular weight excluding hydrogens is 497 g/mol. The van der Waals surface area contributed by atoms with Gasteiger partial charge >= 0.3 is 6.18 Å². The van der Waals surface area contributed by atoms with Crippen LogP contribution in [0, 0.1) is 5.92 Å². The average molecular weight is 527 g/mol. The Labute approximate surface area is 219 Å². The molecule has 0 radical (unpaired) electrons. The lowest BCUT2D eigenvalue weighted by Gasteiger charge is -2.33. The first kappa shape index (κ1) is 25.8. The molecule has 0 bridgehead atoms. The van der Waals surface area contributed by atoms with Crippen molar-refractivity contribution in [3.8, 4) is 17.4 Å². The molecule has 38 heavy (non-hydrogen) atoms. The van der Waals surface area contributed by atoms with Crippen LogP contribution in [0.5, 0.6) is 17.4 Å². The quantitative estimate of drug-likeness (QED) is 0.423. The minimum atomic E-state index is -4.53. The summed E-state index contributed by atoms with van der Waals surface area (Å²) in [7, 11) is 1.58. The van der Waals surface area contributed by atoms with E-state index in [1.165, 1.54) is 17.0 Å². The molecule has 3 heterocycles. The Morgan fingerprint density at radius 2 is 1.71 bits per heavy atom. The van der Waals surface area contributed by atoms with Gasteiger partial charge in [-0.15, -0.1) is 0 Å². The van der Waals surface area contributed by atoms with Crippen molar-refractivity contribution in [2.45, 2.75) is 38.9 Å². The van der Waals surface area contributed by atoms with E-state index < -0.39 is 17.6 Å². The third-order valence-corrected chi connectivity index (χ3v) is 7.08. The molecule has 0 saturated carbocycles. The molecule has 5 rings (SSSR count). The van der Waals surface area contributed by atoms with Crippen LogP contribution in [-0.4, -0.2) is 47.5 Å². The second-order valence-electron chi connectivity index (χ2n) is 9.76. The van der Waals surface area contributed by atoms with Crippen molar-refractivity contribution in [3.63, 3.8) is 0 Å². The summed E-state index contributed by atoms with van der Waals surface area (Å²) in [4.78, 5) is 26.5. The minimum absolute atomic E-state index is 0.0131. The number of anilines is 1. The number of amides is 1. The maximum atomic E-state index is 13.2. The zero-order chi connectivity index (χ0) is 26.9. The summed E-state index contributed by atoms with van der Waals surface area (Å²) in [5, 5.41) is 0. The topological polar surface area (TPSA) is 67.8 Å². The van der Waals surface area contributed by atoms with E-state index in [9.17, 15) is 18.0 Å². The molecule has 0 unspecified atom stereocenters. The number of hydrogen-bond donors (Lipinski definition) is 0. The van der Waals surface area contributed by atoms with Gasteiger partial charge in [-0.1, -0.05) is 13.0 Å². The van der Waals surface area contributed by atoms with E-state index in [-0.39, 0.29) is 12.1 Å². The smallest absolute Gasteiger partial charge is 0.416 e. The fraction of sp³-hybridized carbons (Fsp3) is 0.393. The standard InChI is InChI=1S/C28H29F3N4O3/c1-18-10-13-34(14-11-18)27-32-24-12-15-35(26(36)19-4-3-5-20(16-19)28(29,30)31)17-23(24)25(33-27)38-22-8-6-21(37-2)7-9-22/h3-9,16,18H,10-15,17H2,1-2H3. The molecule has 0 spiro atoms. The van der Waals surface area contributed by atoms with Crippen LogP contribution in [0.4, 0.5) is 19.1 Å². The SMILES string of the molecule is COc1ccc(Oc2nc(N3CCC(C)CC3)nc3c2CN(C(=O)c2cccc(C(F)(F)F)c2)CC3)cc1. The summed E-state index contributed by atoms with van der Waals surface area (Å²) in [6.07, 6.45) is -1.98. The molecule has 0 aliphatic carbocycles. The van der Waals surface area contributed by atoms with Crippen LogP contribution in [-0.2, 0) is 19.1 Å². The molecule has 200 valence electrons. The highest BCUT2D eigenvalue weighted by Gasteiger charge is 2.33. The van der Waals surface area contributed by atoms with Crippen LogP contribution in [0.15, 0.2) is 48.5 Å². The van der Waals surface area contributed by atoms with Crippen LogP contribution in [0.3, 0.4) is 0 Å². The number of fused-ring (bicyclic) bond motifs is 1. The predicted molar refractivity (Wildman–Crippen MR) is 136 cm³/mol. The van der Waals surface area contributed by atoms with E-state index >= 15 is 0 Å². The number of hydrogen-bond acceptors (Lipinski definition) is 6. The number of alkyl halides is 3. The van der Waals surface area contributed by atoms with Crippen LogP contribution in [0.1, 0.15) is 46.9 Å². The largest absolute Gasteiger partial charge is 0.497 e. The highest BCUT2D eigenvalue weighted by atomic mass is 19.4. The minimum Gasteiger partial charge on any atom is -0.497 e. The van der Waals surface area contributed by atoms with Gasteiger partial charge in [0, 0.05) is 31.6 Å². The van der Waals surface area contributed by atoms with E-state index in [0.717, 1.165) is 43.8 Å². The van der Waals surface area contributed by atoms with E-state index in [2.05, 4.69) is 11.8 Å². The van der Waals surface area contributed by atoms with Gasteiger partial charge in [-0.3, -0.25) is 4.79 Å². The number of carbonyl (C=O) groups excluding carboxylic acids is 1. The lowest BCUT2D eigenvalue weighted by molar-refractivity contribution is -0.137. The number of methoxy groups -OCH3 is 1. The van der Waals surface area contributed by atoms with Crippen LogP contribution < -0.4 is 14.4 Å². The van der Waals surface area contributed by atoms with Crippen LogP contribution in [0.25, 0.3) is 0 Å². The normalized spacial score (nSPS) is 16.2. The third-order valence-electron chi connectivity index (χ3n) is 7.08. The van der Waals surface area contributed by atoms with Gasteiger partial charge in [0.2, 0.25) is 11.8 Å². The second kappa shape index (κ2) is 10.5. The molecule has 1 amide bonds. The number of rotatable bonds is 5. The molecular formula is C28H29F3N4O3. The van der Waals surface area contributed by atoms with Gasteiger partial charge in [-0.2, -0.15) is 18.2 Å². The van der Waals surface area contributed by atoms with Gasteiger partial charge in [-0.25, -0.2) is 4.98 Å². The highest BCUT2D eigenvalue weighted by Crippen LogP contribution is 2.34. The van der Waals surface area contributed by atoms with Crippen molar-refractivity contribution in [1.29, 1.82) is 0 Å². The summed E-state index contributed by atoms with van der Waals surface area (Å²) >= 11 is 0. The first-order valence-corrected chi connectivity index (χ1v) is 12.6. The lowest BCUT2D eigenvalue weighted by Crippen LogP contribution is -2.38. The zero-order valence-corrected chi connectivity index (χ0v) is 21.3. The van der Waals surface area contributed by atoms with Crippen LogP contribution >= 0.6 is 0 Å². The van der Waals surface area contributed by atoms with Gasteiger partial charge in [0.25, 0.3) is 5.91 Å². The van der Waals surface area contributed by atoms with Crippen LogP contribution in [0.2, 0.25) is 0 Å². The third kappa shape index (κ3) is 5.54. The number of ether oxygens (including phenoxy) is 2. The molecule has 0 atom stereocenters. The molecule has 0 N–H and O–H groups in total. The predicted octanol–water partition coefficient (Wildman–Crippen LogP) is 5.73. The average Bonchev–Trinajstić information content (AvgIpc) is 2.93. The van der Waals surface area contributed by atoms with E-state index in [1.54, 1.807) is 31.4 Å². The van der Waals surface area contributed by atoms with Gasteiger partial charge in [0.05, 0.1) is 30.5 Å². The number of benzene rings is 2. The van der Waals surface area contributed by atoms with E-state index in [1.807, 2.05) is 0 Å². The Bertz CT molecular complexity index is 1310. The first-order chi connectivity index (χ1) is 18.2. The molecule has 1 aromatic heterocycles. The van der Waals surface area contributed by atoms with Crippen molar-refractivity contribution in [2.75, 3.05) is 31.6 Å². The van der Waals surface area contributed by atoms with Gasteiger partial charge in [0.1, 0.15) is 11.5 Å². The Kier molecular flexibility index (Phi) is 7.14. The zero-order valence-electron chi connectivity index (χ0n) is 21.3. The molecule has 2 aliphatic heterocycles. The second-order valence-corrected chi connectivity index (χ2v) is 9.76. The Hall–Kier alpha value is -3.82. The molecule has 1 fully saturated rings. The fourth-order valence-corrected chi connectivity index (χ4v) is 4.75. The maximum Gasteiger partial charge on any atom is 0.416 e. The van der Waals surface area contributed by atoms with Gasteiger partial charge < -0.3 is 19.3 Å². The summed E-state index contributed by atoms with van der Waals surface area (Å²) in [5.41, 5.74) is 0.570. The van der Waals surface area contributed by atoms with Crippen molar-refractivity contribution in [1.82, 2.24) is 14.9 Å². The van der Waals surface area contributed by atoms with Crippen molar-refractivity contribution in [3.05, 3.63) is 70.9 Å². The monoisotopic (exact) mass is 526 g/mol. The summed E-state index contributed by atoms with van der Waals surface area (Å²) in [6, 6.07) is 11.6. The number of aromatic nitrogens is 2. The summed E-state index contributed by atoms with van der Waals surface area (Å²) in [6.45, 7) is 4.40. The summed E-state index contributed by atoms with van der Waals surface area (Å²) < 4.78 is 51.1. The van der Waals surface area contributed by atoms with Crippen molar-refractivity contribution < 1.29 is 27.4 Å². The Balaban J connectivity index is 1.46. The number of halogens is 3. The molecule has 1 saturated heterocycles. The molecule has 3 aromatic rings. The molecule has 10 heteroatoms. The van der Waals surface area contributed by atoms with Gasteiger partial charge in [-0.05, 0) is 61.2 Å². The Morgan fingerprint density at radius 3 is 2.39 bits per heavy atom. The fourth-order valence-electron chi connectivity index (χ4n) is 4.75.